The molecular weight excluding hydrogens is 208 g/mol. The van der Waals surface area contributed by atoms with Gasteiger partial charge in [0.2, 0.25) is 0 Å². The van der Waals surface area contributed by atoms with E-state index in [-0.39, 0.29) is 0 Å². The van der Waals surface area contributed by atoms with Crippen LogP contribution in [0.25, 0.3) is 0 Å². The molecule has 1 aromatic rings. The van der Waals surface area contributed by atoms with Crippen LogP contribution in [0, 0.1) is 0 Å². The second-order valence-electron chi connectivity index (χ2n) is 3.53. The Balaban J connectivity index is 2.47. The Hall–Kier alpha value is -0.120. The van der Waals surface area contributed by atoms with Gasteiger partial charge in [0.15, 0.2) is 0 Å². The van der Waals surface area contributed by atoms with Crippen LogP contribution >= 0.6 is 18.8 Å². The Morgan fingerprint density at radius 1 is 1.07 bits per heavy atom. The van der Waals surface area contributed by atoms with Crippen molar-refractivity contribution in [1.29, 1.82) is 0 Å². The van der Waals surface area contributed by atoms with Crippen LogP contribution in [0.2, 0.25) is 0 Å². The highest BCUT2D eigenvalue weighted by molar-refractivity contribution is 7.39. The van der Waals surface area contributed by atoms with Crippen molar-refractivity contribution in [1.82, 2.24) is 0 Å². The fraction of sp³-hybridized carbons (Fsp3) is 0.455. The Morgan fingerprint density at radius 2 is 1.71 bits per heavy atom. The van der Waals surface area contributed by atoms with Crippen LogP contribution in [0.4, 0.5) is 5.69 Å². The van der Waals surface area contributed by atoms with Crippen LogP contribution in [-0.2, 0) is 6.42 Å². The van der Waals surface area contributed by atoms with Gasteiger partial charge in [0.1, 0.15) is 0 Å². The monoisotopic (exact) mass is 227 g/mol. The molecule has 0 N–H and O–H groups in total. The SMILES string of the molecule is CCCCCc1ccc(N(P)P)cc1. The average molecular weight is 227 g/mol. The summed E-state index contributed by atoms with van der Waals surface area (Å²) in [5.74, 6) is 0. The van der Waals surface area contributed by atoms with E-state index in [0.717, 1.165) is 0 Å². The van der Waals surface area contributed by atoms with E-state index in [1.807, 2.05) is 4.44 Å². The second-order valence-corrected chi connectivity index (χ2v) is 5.24. The lowest BCUT2D eigenvalue weighted by Crippen LogP contribution is -1.90. The molecule has 2 unspecified atom stereocenters. The molecule has 3 heteroatoms. The lowest BCUT2D eigenvalue weighted by molar-refractivity contribution is 0.717. The van der Waals surface area contributed by atoms with Crippen LogP contribution in [-0.4, -0.2) is 0 Å². The van der Waals surface area contributed by atoms with Crippen molar-refractivity contribution in [3.8, 4) is 0 Å². The summed E-state index contributed by atoms with van der Waals surface area (Å²) < 4.78 is 1.97. The van der Waals surface area contributed by atoms with Crippen molar-refractivity contribution in [2.24, 2.45) is 0 Å². The molecule has 0 aromatic heterocycles. The zero-order chi connectivity index (χ0) is 10.4. The largest absolute Gasteiger partial charge is 0.341 e. The van der Waals surface area contributed by atoms with Crippen molar-refractivity contribution in [2.45, 2.75) is 32.6 Å². The van der Waals surface area contributed by atoms with Crippen molar-refractivity contribution in [2.75, 3.05) is 4.44 Å². The molecule has 0 fully saturated rings. The Labute approximate surface area is 91.8 Å². The fourth-order valence-corrected chi connectivity index (χ4v) is 1.76. The average Bonchev–Trinajstić information content (AvgIpc) is 2.19. The molecule has 0 heterocycles. The molecule has 1 rings (SSSR count). The lowest BCUT2D eigenvalue weighted by Gasteiger charge is -2.11. The summed E-state index contributed by atoms with van der Waals surface area (Å²) in [6, 6.07) is 8.74. The normalized spacial score (nSPS) is 10.2. The third-order valence-electron chi connectivity index (χ3n) is 2.30. The molecule has 0 aliphatic rings. The topological polar surface area (TPSA) is 3.24 Å². The minimum atomic E-state index is 1.21. The first-order valence-corrected chi connectivity index (χ1v) is 6.15. The van der Waals surface area contributed by atoms with Gasteiger partial charge < -0.3 is 4.44 Å². The van der Waals surface area contributed by atoms with Crippen molar-refractivity contribution >= 4 is 24.5 Å². The highest BCUT2D eigenvalue weighted by atomic mass is 31.1. The number of nitrogens with zero attached hydrogens (tertiary/aromatic N) is 1. The Morgan fingerprint density at radius 3 is 2.21 bits per heavy atom. The van der Waals surface area contributed by atoms with Gasteiger partial charge in [-0.3, -0.25) is 0 Å². The van der Waals surface area contributed by atoms with Gasteiger partial charge in [-0.15, -0.1) is 0 Å². The third-order valence-corrected chi connectivity index (χ3v) is 2.90. The molecule has 0 bridgehead atoms. The maximum absolute atomic E-state index is 2.63. The maximum atomic E-state index is 2.63. The predicted octanol–water partition coefficient (Wildman–Crippen LogP) is 3.81. The van der Waals surface area contributed by atoms with Crippen LogP contribution in [0.1, 0.15) is 31.7 Å². The van der Waals surface area contributed by atoms with Crippen molar-refractivity contribution in [3.05, 3.63) is 29.8 Å². The van der Waals surface area contributed by atoms with Crippen LogP contribution in [0.15, 0.2) is 24.3 Å². The lowest BCUT2D eigenvalue weighted by atomic mass is 10.1. The first-order chi connectivity index (χ1) is 6.74. The molecule has 14 heavy (non-hydrogen) atoms. The van der Waals surface area contributed by atoms with Crippen molar-refractivity contribution < 1.29 is 0 Å². The van der Waals surface area contributed by atoms with Crippen LogP contribution in [0.3, 0.4) is 0 Å². The van der Waals surface area contributed by atoms with Gasteiger partial charge in [-0.05, 0) is 49.3 Å². The number of hydrogen-bond donors (Lipinski definition) is 0. The number of anilines is 1. The van der Waals surface area contributed by atoms with Gasteiger partial charge in [0, 0.05) is 5.69 Å². The molecule has 1 aromatic carbocycles. The number of rotatable bonds is 5. The van der Waals surface area contributed by atoms with Gasteiger partial charge >= 0.3 is 0 Å². The molecular formula is C11H19NP2. The highest BCUT2D eigenvalue weighted by Crippen LogP contribution is 2.22. The number of aryl methyl sites for hydroxylation is 1. The Kier molecular flexibility index (Phi) is 5.45. The second kappa shape index (κ2) is 6.38. The van der Waals surface area contributed by atoms with E-state index in [1.165, 1.54) is 36.9 Å². The summed E-state index contributed by atoms with van der Waals surface area (Å²) >= 11 is 0. The van der Waals surface area contributed by atoms with E-state index in [9.17, 15) is 0 Å². The fourth-order valence-electron chi connectivity index (χ4n) is 1.41. The van der Waals surface area contributed by atoms with E-state index in [1.54, 1.807) is 0 Å². The number of unbranched alkanes of at least 4 members (excludes halogenated alkanes) is 2. The van der Waals surface area contributed by atoms with E-state index in [2.05, 4.69) is 50.0 Å². The van der Waals surface area contributed by atoms with Gasteiger partial charge in [0.25, 0.3) is 0 Å². The first-order valence-electron chi connectivity index (χ1n) is 5.12. The summed E-state index contributed by atoms with van der Waals surface area (Å²) in [5, 5.41) is 0. The minimum absolute atomic E-state index is 1.21. The zero-order valence-electron chi connectivity index (χ0n) is 8.74. The third kappa shape index (κ3) is 3.95. The molecule has 0 radical (unpaired) electrons. The predicted molar refractivity (Wildman–Crippen MR) is 71.6 cm³/mol. The summed E-state index contributed by atoms with van der Waals surface area (Å²) in [6.45, 7) is 2.24. The van der Waals surface area contributed by atoms with Crippen LogP contribution in [0.5, 0.6) is 0 Å². The molecule has 0 aliphatic carbocycles. The number of benzene rings is 1. The van der Waals surface area contributed by atoms with Gasteiger partial charge in [-0.1, -0.05) is 31.9 Å². The maximum Gasteiger partial charge on any atom is 0.0423 e. The van der Waals surface area contributed by atoms with Gasteiger partial charge in [-0.25, -0.2) is 0 Å². The van der Waals surface area contributed by atoms with E-state index < -0.39 is 0 Å². The van der Waals surface area contributed by atoms with Crippen molar-refractivity contribution in [3.63, 3.8) is 0 Å². The van der Waals surface area contributed by atoms with Gasteiger partial charge in [-0.2, -0.15) is 0 Å². The summed E-state index contributed by atoms with van der Waals surface area (Å²) in [6.07, 6.45) is 5.15. The summed E-state index contributed by atoms with van der Waals surface area (Å²) in [7, 11) is 5.26. The highest BCUT2D eigenvalue weighted by Gasteiger charge is 1.96. The Bertz CT molecular complexity index is 256. The molecule has 1 nitrogen and oxygen atoms in total. The molecule has 0 aliphatic heterocycles. The molecule has 0 saturated carbocycles. The number of hydrogen-bond acceptors (Lipinski definition) is 1. The minimum Gasteiger partial charge on any atom is -0.341 e. The zero-order valence-corrected chi connectivity index (χ0v) is 11.0. The van der Waals surface area contributed by atoms with E-state index in [0.29, 0.717) is 0 Å². The molecule has 0 spiro atoms. The summed E-state index contributed by atoms with van der Waals surface area (Å²) in [5.41, 5.74) is 2.65. The molecule has 78 valence electrons. The van der Waals surface area contributed by atoms with Gasteiger partial charge in [0.05, 0.1) is 0 Å². The molecule has 2 atom stereocenters. The van der Waals surface area contributed by atoms with E-state index in [4.69, 9.17) is 0 Å². The molecule has 0 amide bonds. The van der Waals surface area contributed by atoms with E-state index >= 15 is 0 Å². The smallest absolute Gasteiger partial charge is 0.0423 e. The quantitative estimate of drug-likeness (QED) is 0.546. The summed E-state index contributed by atoms with van der Waals surface area (Å²) in [4.78, 5) is 0. The van der Waals surface area contributed by atoms with Crippen LogP contribution < -0.4 is 4.44 Å². The standard InChI is InChI=1S/C11H19NP2/c1-2-3-4-5-10-6-8-11(9-7-10)12(13)14/h6-9H,2-5,13-14H2,1H3. The molecule has 0 saturated heterocycles. The first kappa shape index (κ1) is 12.0.